The Morgan fingerprint density at radius 2 is 2.04 bits per heavy atom. The van der Waals surface area contributed by atoms with Crippen molar-refractivity contribution in [1.29, 1.82) is 0 Å². The van der Waals surface area contributed by atoms with Crippen molar-refractivity contribution in [2.75, 3.05) is 13.1 Å². The number of nitrogens with two attached hydrogens (primary N) is 1. The maximum absolute atomic E-state index is 12.4. The van der Waals surface area contributed by atoms with Gasteiger partial charge in [-0.2, -0.15) is 0 Å². The number of hydrogen-bond acceptors (Lipinski definition) is 3. The van der Waals surface area contributed by atoms with E-state index in [0.29, 0.717) is 18.7 Å². The number of hydrogen-bond donors (Lipinski definition) is 1. The molecule has 2 rings (SSSR count). The molecule has 0 radical (unpaired) electrons. The monoisotopic (exact) mass is 344 g/mol. The molecule has 1 unspecified atom stereocenters. The van der Waals surface area contributed by atoms with Crippen LogP contribution in [0.3, 0.4) is 0 Å². The van der Waals surface area contributed by atoms with Crippen molar-refractivity contribution >= 4 is 5.91 Å². The smallest absolute Gasteiger partial charge is 0.406 e. The topological polar surface area (TPSA) is 55.6 Å². The Hall–Kier alpha value is -1.76. The molecule has 0 aromatic heterocycles. The molecule has 0 saturated carbocycles. The van der Waals surface area contributed by atoms with E-state index in [-0.39, 0.29) is 36.0 Å². The number of likely N-dealkylation sites (tertiary alicyclic amines) is 1. The molecule has 1 aliphatic heterocycles. The highest BCUT2D eigenvalue weighted by Gasteiger charge is 2.35. The lowest BCUT2D eigenvalue weighted by Gasteiger charge is -2.42. The standard InChI is InChI=1S/C17H23F3N2O2/c1-16(2)11-22(10-9-14(16)21)15(23)8-7-12-5-3-4-6-13(12)24-17(18,19)20/h3-6,14H,7-11,21H2,1-2H3. The third-order valence-electron chi connectivity index (χ3n) is 4.47. The van der Waals surface area contributed by atoms with E-state index >= 15 is 0 Å². The van der Waals surface area contributed by atoms with E-state index in [1.54, 1.807) is 17.0 Å². The molecule has 0 spiro atoms. The summed E-state index contributed by atoms with van der Waals surface area (Å²) in [5, 5.41) is 0. The largest absolute Gasteiger partial charge is 0.573 e. The molecule has 1 atom stereocenters. The molecule has 1 fully saturated rings. The molecule has 0 bridgehead atoms. The van der Waals surface area contributed by atoms with Crippen LogP contribution in [0.1, 0.15) is 32.3 Å². The van der Waals surface area contributed by atoms with Crippen LogP contribution in [0.4, 0.5) is 13.2 Å². The van der Waals surface area contributed by atoms with Gasteiger partial charge in [-0.3, -0.25) is 4.79 Å². The molecule has 1 heterocycles. The van der Waals surface area contributed by atoms with Crippen LogP contribution in [-0.2, 0) is 11.2 Å². The second kappa shape index (κ2) is 7.01. The zero-order valence-corrected chi connectivity index (χ0v) is 13.9. The number of nitrogens with zero attached hydrogens (tertiary/aromatic N) is 1. The summed E-state index contributed by atoms with van der Waals surface area (Å²) in [6.07, 6.45) is -3.67. The number of alkyl halides is 3. The summed E-state index contributed by atoms with van der Waals surface area (Å²) in [7, 11) is 0. The average Bonchev–Trinajstić information content (AvgIpc) is 2.47. The van der Waals surface area contributed by atoms with E-state index in [2.05, 4.69) is 4.74 Å². The zero-order chi connectivity index (χ0) is 18.0. The van der Waals surface area contributed by atoms with Gasteiger partial charge in [0.15, 0.2) is 0 Å². The van der Waals surface area contributed by atoms with Gasteiger partial charge in [-0.1, -0.05) is 32.0 Å². The van der Waals surface area contributed by atoms with Gasteiger partial charge in [0, 0.05) is 25.6 Å². The quantitative estimate of drug-likeness (QED) is 0.913. The number of piperidine rings is 1. The Balaban J connectivity index is 1.97. The number of amides is 1. The minimum absolute atomic E-state index is 0.0439. The van der Waals surface area contributed by atoms with Crippen molar-refractivity contribution in [3.63, 3.8) is 0 Å². The predicted molar refractivity (Wildman–Crippen MR) is 84.4 cm³/mol. The predicted octanol–water partition coefficient (Wildman–Crippen LogP) is 3.10. The van der Waals surface area contributed by atoms with Crippen LogP contribution in [0.15, 0.2) is 24.3 Å². The fourth-order valence-electron chi connectivity index (χ4n) is 2.92. The molecule has 1 aromatic rings. The van der Waals surface area contributed by atoms with Gasteiger partial charge in [0.2, 0.25) is 5.91 Å². The molecule has 1 saturated heterocycles. The summed E-state index contributed by atoms with van der Waals surface area (Å²) in [4.78, 5) is 14.1. The maximum Gasteiger partial charge on any atom is 0.573 e. The Kier molecular flexibility index (Phi) is 5.42. The highest BCUT2D eigenvalue weighted by atomic mass is 19.4. The lowest BCUT2D eigenvalue weighted by molar-refractivity contribution is -0.274. The first-order chi connectivity index (χ1) is 11.1. The number of benzene rings is 1. The Labute approximate surface area is 139 Å². The summed E-state index contributed by atoms with van der Waals surface area (Å²) in [6.45, 7) is 5.19. The molecular formula is C17H23F3N2O2. The number of ether oxygens (including phenoxy) is 1. The average molecular weight is 344 g/mol. The van der Waals surface area contributed by atoms with E-state index in [1.807, 2.05) is 13.8 Å². The number of halogens is 3. The molecule has 2 N–H and O–H groups in total. The van der Waals surface area contributed by atoms with E-state index in [4.69, 9.17) is 5.73 Å². The lowest BCUT2D eigenvalue weighted by atomic mass is 9.79. The summed E-state index contributed by atoms with van der Waals surface area (Å²) in [5.74, 6) is -0.324. The minimum atomic E-state index is -4.74. The van der Waals surface area contributed by atoms with Gasteiger partial charge in [0.1, 0.15) is 5.75 Å². The summed E-state index contributed by atoms with van der Waals surface area (Å²) >= 11 is 0. The fraction of sp³-hybridized carbons (Fsp3) is 0.588. The SMILES string of the molecule is CC1(C)CN(C(=O)CCc2ccccc2OC(F)(F)F)CCC1N. The van der Waals surface area contributed by atoms with Gasteiger partial charge >= 0.3 is 6.36 Å². The number of aryl methyl sites for hydroxylation is 1. The van der Waals surface area contributed by atoms with Crippen molar-refractivity contribution in [1.82, 2.24) is 4.90 Å². The van der Waals surface area contributed by atoms with E-state index in [0.717, 1.165) is 6.42 Å². The van der Waals surface area contributed by atoms with Gasteiger partial charge in [-0.25, -0.2) is 0 Å². The van der Waals surface area contributed by atoms with Crippen LogP contribution < -0.4 is 10.5 Å². The molecule has 24 heavy (non-hydrogen) atoms. The highest BCUT2D eigenvalue weighted by molar-refractivity contribution is 5.76. The van der Waals surface area contributed by atoms with Crippen LogP contribution in [0.5, 0.6) is 5.75 Å². The summed E-state index contributed by atoms with van der Waals surface area (Å²) in [6, 6.07) is 5.95. The zero-order valence-electron chi connectivity index (χ0n) is 13.9. The molecule has 1 aromatic carbocycles. The van der Waals surface area contributed by atoms with Crippen molar-refractivity contribution < 1.29 is 22.7 Å². The number of rotatable bonds is 4. The minimum Gasteiger partial charge on any atom is -0.406 e. The van der Waals surface area contributed by atoms with Crippen molar-refractivity contribution in [2.24, 2.45) is 11.1 Å². The summed E-state index contributed by atoms with van der Waals surface area (Å²) < 4.78 is 41.3. The van der Waals surface area contributed by atoms with E-state index in [9.17, 15) is 18.0 Å². The molecule has 1 aliphatic rings. The van der Waals surface area contributed by atoms with Gasteiger partial charge in [0.25, 0.3) is 0 Å². The van der Waals surface area contributed by atoms with Crippen LogP contribution in [-0.4, -0.2) is 36.3 Å². The first kappa shape index (κ1) is 18.6. The van der Waals surface area contributed by atoms with Gasteiger partial charge < -0.3 is 15.4 Å². The second-order valence-electron chi connectivity index (χ2n) is 6.85. The molecule has 4 nitrogen and oxygen atoms in total. The second-order valence-corrected chi connectivity index (χ2v) is 6.85. The van der Waals surface area contributed by atoms with E-state index < -0.39 is 6.36 Å². The van der Waals surface area contributed by atoms with Crippen molar-refractivity contribution in [3.8, 4) is 5.75 Å². The first-order valence-electron chi connectivity index (χ1n) is 7.95. The molecule has 1 amide bonds. The normalized spacial score (nSPS) is 20.8. The van der Waals surface area contributed by atoms with Crippen LogP contribution in [0.2, 0.25) is 0 Å². The first-order valence-corrected chi connectivity index (χ1v) is 7.95. The molecule has 134 valence electrons. The summed E-state index contributed by atoms with van der Waals surface area (Å²) in [5.41, 5.74) is 6.27. The van der Waals surface area contributed by atoms with Crippen LogP contribution in [0.25, 0.3) is 0 Å². The van der Waals surface area contributed by atoms with Gasteiger partial charge in [-0.05, 0) is 29.9 Å². The Morgan fingerprint density at radius 1 is 1.38 bits per heavy atom. The molecular weight excluding hydrogens is 321 g/mol. The molecule has 7 heteroatoms. The van der Waals surface area contributed by atoms with Crippen LogP contribution in [0, 0.1) is 5.41 Å². The Bertz CT molecular complexity index is 587. The number of carbonyl (C=O) groups excluding carboxylic acids is 1. The third-order valence-corrected chi connectivity index (χ3v) is 4.47. The molecule has 0 aliphatic carbocycles. The lowest BCUT2D eigenvalue weighted by Crippen LogP contribution is -2.54. The van der Waals surface area contributed by atoms with E-state index in [1.165, 1.54) is 12.1 Å². The third kappa shape index (κ3) is 4.87. The maximum atomic E-state index is 12.4. The number of carbonyl (C=O) groups is 1. The van der Waals surface area contributed by atoms with Crippen molar-refractivity contribution in [2.45, 2.75) is 45.5 Å². The Morgan fingerprint density at radius 3 is 2.67 bits per heavy atom. The number of para-hydroxylation sites is 1. The fourth-order valence-corrected chi connectivity index (χ4v) is 2.92. The van der Waals surface area contributed by atoms with Crippen LogP contribution >= 0.6 is 0 Å². The van der Waals surface area contributed by atoms with Crippen molar-refractivity contribution in [3.05, 3.63) is 29.8 Å². The van der Waals surface area contributed by atoms with Gasteiger partial charge in [-0.15, -0.1) is 13.2 Å². The highest BCUT2D eigenvalue weighted by Crippen LogP contribution is 2.29. The van der Waals surface area contributed by atoms with Gasteiger partial charge in [0.05, 0.1) is 0 Å².